The highest BCUT2D eigenvalue weighted by Gasteiger charge is 2.10. The largest absolute Gasteiger partial charge is 0.289 e. The Morgan fingerprint density at radius 1 is 0.864 bits per heavy atom. The Bertz CT molecular complexity index is 397. The molecule has 1 N–H and O–H groups in total. The number of para-hydroxylation sites is 1. The van der Waals surface area contributed by atoms with Crippen molar-refractivity contribution in [2.45, 2.75) is 71.1 Å². The van der Waals surface area contributed by atoms with Crippen LogP contribution in [0.25, 0.3) is 0 Å². The molecular weight excluding hydrogens is 294 g/mol. The maximum absolute atomic E-state index is 11.4. The molecule has 0 amide bonds. The molecule has 0 fully saturated rings. The zero-order valence-corrected chi connectivity index (χ0v) is 14.7. The molecule has 0 aromatic heterocycles. The van der Waals surface area contributed by atoms with E-state index in [-0.39, 0.29) is 0 Å². The standard InChI is InChI=1S/C18H31NO2S/c1-2-3-4-5-6-7-8-9-10-14-17-19(22(20)21)18-15-12-11-13-16-18/h11-13,15-16H,2-10,14,17H2,1H3,(H,20,21). The van der Waals surface area contributed by atoms with Crippen LogP contribution in [-0.4, -0.2) is 15.3 Å². The van der Waals surface area contributed by atoms with Crippen molar-refractivity contribution in [1.82, 2.24) is 0 Å². The Morgan fingerprint density at radius 2 is 1.36 bits per heavy atom. The Hall–Kier alpha value is -0.870. The van der Waals surface area contributed by atoms with Gasteiger partial charge in [-0.25, -0.2) is 4.21 Å². The van der Waals surface area contributed by atoms with E-state index in [0.29, 0.717) is 6.54 Å². The third kappa shape index (κ3) is 8.54. The van der Waals surface area contributed by atoms with Crippen molar-refractivity contribution in [3.63, 3.8) is 0 Å². The number of anilines is 1. The van der Waals surface area contributed by atoms with Crippen LogP contribution in [0.3, 0.4) is 0 Å². The first kappa shape index (κ1) is 19.2. The van der Waals surface area contributed by atoms with E-state index in [1.54, 1.807) is 4.31 Å². The van der Waals surface area contributed by atoms with E-state index in [0.717, 1.165) is 18.5 Å². The molecule has 0 heterocycles. The van der Waals surface area contributed by atoms with E-state index in [1.807, 2.05) is 30.3 Å². The second-order valence-electron chi connectivity index (χ2n) is 5.85. The molecule has 1 aromatic rings. The predicted molar refractivity (Wildman–Crippen MR) is 96.4 cm³/mol. The molecule has 22 heavy (non-hydrogen) atoms. The minimum absolute atomic E-state index is 0.642. The van der Waals surface area contributed by atoms with Gasteiger partial charge in [-0.1, -0.05) is 82.9 Å². The molecule has 1 aromatic carbocycles. The van der Waals surface area contributed by atoms with Crippen LogP contribution in [-0.2, 0) is 11.3 Å². The van der Waals surface area contributed by atoms with Crippen LogP contribution in [0.2, 0.25) is 0 Å². The molecule has 0 aliphatic heterocycles. The fourth-order valence-corrected chi connectivity index (χ4v) is 3.22. The summed E-state index contributed by atoms with van der Waals surface area (Å²) in [5.41, 5.74) is 0.819. The van der Waals surface area contributed by atoms with Crippen LogP contribution in [0, 0.1) is 0 Å². The first-order valence-electron chi connectivity index (χ1n) is 8.69. The van der Waals surface area contributed by atoms with E-state index in [1.165, 1.54) is 51.4 Å². The molecule has 1 rings (SSSR count). The normalized spacial score (nSPS) is 12.3. The van der Waals surface area contributed by atoms with E-state index in [9.17, 15) is 8.76 Å². The van der Waals surface area contributed by atoms with E-state index in [4.69, 9.17) is 0 Å². The maximum Gasteiger partial charge on any atom is 0.261 e. The highest BCUT2D eigenvalue weighted by atomic mass is 32.2. The monoisotopic (exact) mass is 325 g/mol. The van der Waals surface area contributed by atoms with E-state index in [2.05, 4.69) is 6.92 Å². The lowest BCUT2D eigenvalue weighted by atomic mass is 10.1. The maximum atomic E-state index is 11.4. The molecule has 0 bridgehead atoms. The van der Waals surface area contributed by atoms with Gasteiger partial charge in [-0.3, -0.25) is 8.86 Å². The first-order valence-corrected chi connectivity index (χ1v) is 9.75. The van der Waals surface area contributed by atoms with E-state index >= 15 is 0 Å². The molecule has 0 spiro atoms. The number of hydrogen-bond donors (Lipinski definition) is 1. The van der Waals surface area contributed by atoms with Gasteiger partial charge in [-0.05, 0) is 18.6 Å². The first-order chi connectivity index (χ1) is 10.8. The predicted octanol–water partition coefficient (Wildman–Crippen LogP) is 5.55. The molecule has 4 heteroatoms. The van der Waals surface area contributed by atoms with Crippen LogP contribution in [0.1, 0.15) is 71.1 Å². The number of unbranched alkanes of at least 4 members (excludes halogenated alkanes) is 9. The van der Waals surface area contributed by atoms with Gasteiger partial charge in [0.25, 0.3) is 11.3 Å². The summed E-state index contributed by atoms with van der Waals surface area (Å²) in [4.78, 5) is 0. The van der Waals surface area contributed by atoms with Crippen molar-refractivity contribution >= 4 is 17.0 Å². The SMILES string of the molecule is CCCCCCCCCCCCN(c1ccccc1)S(=O)O. The number of rotatable bonds is 13. The number of nitrogens with zero attached hydrogens (tertiary/aromatic N) is 1. The van der Waals surface area contributed by atoms with Gasteiger partial charge in [0.1, 0.15) is 0 Å². The second kappa shape index (κ2) is 12.7. The van der Waals surface area contributed by atoms with Crippen molar-refractivity contribution in [2.24, 2.45) is 0 Å². The topological polar surface area (TPSA) is 40.5 Å². The van der Waals surface area contributed by atoms with Crippen LogP contribution < -0.4 is 4.31 Å². The molecular formula is C18H31NO2S. The molecule has 0 radical (unpaired) electrons. The molecule has 0 aliphatic rings. The van der Waals surface area contributed by atoms with Crippen molar-refractivity contribution in [3.05, 3.63) is 30.3 Å². The third-order valence-electron chi connectivity index (χ3n) is 3.95. The Labute approximate surface area is 138 Å². The summed E-state index contributed by atoms with van der Waals surface area (Å²) in [6.45, 7) is 2.89. The van der Waals surface area contributed by atoms with Crippen LogP contribution in [0.15, 0.2) is 30.3 Å². The molecule has 1 unspecified atom stereocenters. The molecule has 0 saturated heterocycles. The van der Waals surface area contributed by atoms with Crippen molar-refractivity contribution < 1.29 is 8.76 Å². The third-order valence-corrected chi connectivity index (χ3v) is 4.72. The number of hydrogen-bond acceptors (Lipinski definition) is 1. The van der Waals surface area contributed by atoms with Crippen LogP contribution in [0.5, 0.6) is 0 Å². The summed E-state index contributed by atoms with van der Waals surface area (Å²) in [6, 6.07) is 9.47. The Morgan fingerprint density at radius 3 is 1.86 bits per heavy atom. The summed E-state index contributed by atoms with van der Waals surface area (Å²) >= 11 is -1.93. The van der Waals surface area contributed by atoms with Gasteiger partial charge in [0.05, 0.1) is 5.69 Å². The summed E-state index contributed by atoms with van der Waals surface area (Å²) in [5, 5.41) is 0. The van der Waals surface area contributed by atoms with Crippen LogP contribution in [0.4, 0.5) is 5.69 Å². The highest BCUT2D eigenvalue weighted by Crippen LogP contribution is 2.16. The lowest BCUT2D eigenvalue weighted by molar-refractivity contribution is 0.546. The smallest absolute Gasteiger partial charge is 0.261 e. The number of benzene rings is 1. The minimum atomic E-state index is -1.93. The van der Waals surface area contributed by atoms with Gasteiger partial charge in [-0.15, -0.1) is 0 Å². The summed E-state index contributed by atoms with van der Waals surface area (Å²) in [5.74, 6) is 0. The van der Waals surface area contributed by atoms with Gasteiger partial charge < -0.3 is 0 Å². The summed E-state index contributed by atoms with van der Waals surface area (Å²) in [7, 11) is 0. The zero-order valence-electron chi connectivity index (χ0n) is 13.9. The molecule has 1 atom stereocenters. The average molecular weight is 326 g/mol. The minimum Gasteiger partial charge on any atom is -0.289 e. The Balaban J connectivity index is 2.08. The zero-order chi connectivity index (χ0) is 16.0. The lowest BCUT2D eigenvalue weighted by Gasteiger charge is -2.19. The van der Waals surface area contributed by atoms with Gasteiger partial charge in [-0.2, -0.15) is 0 Å². The van der Waals surface area contributed by atoms with Crippen molar-refractivity contribution in [2.75, 3.05) is 10.8 Å². The molecule has 0 saturated carbocycles. The molecule has 3 nitrogen and oxygen atoms in total. The summed E-state index contributed by atoms with van der Waals surface area (Å²) < 4.78 is 22.4. The second-order valence-corrected chi connectivity index (χ2v) is 6.75. The fourth-order valence-electron chi connectivity index (χ4n) is 2.63. The molecule has 0 aliphatic carbocycles. The van der Waals surface area contributed by atoms with E-state index < -0.39 is 11.3 Å². The van der Waals surface area contributed by atoms with Crippen LogP contribution >= 0.6 is 0 Å². The Kier molecular flexibility index (Phi) is 11.0. The molecule has 126 valence electrons. The van der Waals surface area contributed by atoms with Gasteiger partial charge in [0.15, 0.2) is 0 Å². The van der Waals surface area contributed by atoms with Crippen molar-refractivity contribution in [3.8, 4) is 0 Å². The summed E-state index contributed by atoms with van der Waals surface area (Å²) in [6.07, 6.45) is 12.7. The van der Waals surface area contributed by atoms with Crippen molar-refractivity contribution in [1.29, 1.82) is 0 Å². The quantitative estimate of drug-likeness (QED) is 0.381. The highest BCUT2D eigenvalue weighted by molar-refractivity contribution is 7.80. The van der Waals surface area contributed by atoms with Gasteiger partial charge >= 0.3 is 0 Å². The fraction of sp³-hybridized carbons (Fsp3) is 0.667. The van der Waals surface area contributed by atoms with Gasteiger partial charge in [0, 0.05) is 6.54 Å². The average Bonchev–Trinajstić information content (AvgIpc) is 2.53. The van der Waals surface area contributed by atoms with Gasteiger partial charge in [0.2, 0.25) is 0 Å². The lowest BCUT2D eigenvalue weighted by Crippen LogP contribution is -2.26.